The van der Waals surface area contributed by atoms with Crippen LogP contribution in [0.5, 0.6) is 0 Å². The van der Waals surface area contributed by atoms with Crippen LogP contribution in [0.2, 0.25) is 0 Å². The largest absolute Gasteiger partial charge is 0.352 e. The van der Waals surface area contributed by atoms with E-state index in [1.165, 1.54) is 4.90 Å². The number of urea groups is 1. The second kappa shape index (κ2) is 5.30. The molecule has 102 valence electrons. The van der Waals surface area contributed by atoms with Gasteiger partial charge in [-0.1, -0.05) is 24.3 Å². The fourth-order valence-corrected chi connectivity index (χ4v) is 2.33. The lowest BCUT2D eigenvalue weighted by Gasteiger charge is -2.37. The van der Waals surface area contributed by atoms with Gasteiger partial charge in [-0.05, 0) is 18.1 Å². The number of nitrogens with zero attached hydrogens (tertiary/aromatic N) is 2. The van der Waals surface area contributed by atoms with Crippen molar-refractivity contribution in [2.24, 2.45) is 0 Å². The molecule has 2 rings (SSSR count). The molecule has 0 aromatic heterocycles. The topological polar surface area (TPSA) is 52.7 Å². The third-order valence-electron chi connectivity index (χ3n) is 3.32. The van der Waals surface area contributed by atoms with Crippen LogP contribution in [0.25, 0.3) is 0 Å². The summed E-state index contributed by atoms with van der Waals surface area (Å²) in [4.78, 5) is 27.5. The van der Waals surface area contributed by atoms with E-state index in [2.05, 4.69) is 5.32 Å². The molecule has 0 spiro atoms. The van der Waals surface area contributed by atoms with Crippen molar-refractivity contribution in [1.29, 1.82) is 0 Å². The quantitative estimate of drug-likeness (QED) is 0.824. The Morgan fingerprint density at radius 3 is 2.68 bits per heavy atom. The molecule has 1 N–H and O–H groups in total. The summed E-state index contributed by atoms with van der Waals surface area (Å²) in [5.74, 6) is -0.115. The van der Waals surface area contributed by atoms with Gasteiger partial charge in [0.1, 0.15) is 6.04 Å². The van der Waals surface area contributed by atoms with Crippen LogP contribution in [-0.2, 0) is 4.79 Å². The van der Waals surface area contributed by atoms with Crippen molar-refractivity contribution in [3.63, 3.8) is 0 Å². The van der Waals surface area contributed by atoms with Gasteiger partial charge in [0.15, 0.2) is 0 Å². The molecule has 1 aliphatic rings. The molecule has 1 heterocycles. The molecule has 5 nitrogen and oxygen atoms in total. The molecule has 1 aromatic rings. The van der Waals surface area contributed by atoms with Crippen molar-refractivity contribution in [2.75, 3.05) is 27.2 Å². The third kappa shape index (κ3) is 2.54. The van der Waals surface area contributed by atoms with Crippen molar-refractivity contribution in [3.05, 3.63) is 35.4 Å². The Morgan fingerprint density at radius 2 is 2.05 bits per heavy atom. The normalized spacial score (nSPS) is 19.0. The molecular formula is C14H19N3O2. The maximum atomic E-state index is 12.2. The fraction of sp³-hybridized carbons (Fsp3) is 0.429. The molecule has 5 heteroatoms. The first-order valence-electron chi connectivity index (χ1n) is 6.33. The Labute approximate surface area is 113 Å². The molecule has 1 aromatic carbocycles. The van der Waals surface area contributed by atoms with Gasteiger partial charge in [0, 0.05) is 27.2 Å². The van der Waals surface area contributed by atoms with Crippen LogP contribution in [0.4, 0.5) is 4.79 Å². The van der Waals surface area contributed by atoms with E-state index in [-0.39, 0.29) is 11.9 Å². The summed E-state index contributed by atoms with van der Waals surface area (Å²) in [5, 5.41) is 2.83. The first-order valence-corrected chi connectivity index (χ1v) is 6.33. The maximum absolute atomic E-state index is 12.2. The van der Waals surface area contributed by atoms with E-state index < -0.39 is 6.04 Å². The molecule has 1 fully saturated rings. The van der Waals surface area contributed by atoms with Crippen molar-refractivity contribution in [3.8, 4) is 0 Å². The first kappa shape index (κ1) is 13.4. The second-order valence-corrected chi connectivity index (χ2v) is 4.92. The molecule has 0 bridgehead atoms. The van der Waals surface area contributed by atoms with E-state index in [4.69, 9.17) is 0 Å². The Balaban J connectivity index is 2.40. The van der Waals surface area contributed by atoms with Crippen LogP contribution >= 0.6 is 0 Å². The Morgan fingerprint density at radius 1 is 1.37 bits per heavy atom. The maximum Gasteiger partial charge on any atom is 0.320 e. The molecule has 19 heavy (non-hydrogen) atoms. The highest BCUT2D eigenvalue weighted by Gasteiger charge is 2.35. The van der Waals surface area contributed by atoms with Gasteiger partial charge in [0.25, 0.3) is 0 Å². The van der Waals surface area contributed by atoms with Crippen LogP contribution in [0.1, 0.15) is 17.2 Å². The van der Waals surface area contributed by atoms with Crippen LogP contribution in [0.3, 0.4) is 0 Å². The molecular weight excluding hydrogens is 242 g/mol. The van der Waals surface area contributed by atoms with E-state index in [1.54, 1.807) is 19.0 Å². The summed E-state index contributed by atoms with van der Waals surface area (Å²) in [5.41, 5.74) is 1.90. The number of aryl methyl sites for hydroxylation is 1. The summed E-state index contributed by atoms with van der Waals surface area (Å²) in [7, 11) is 3.40. The molecule has 0 saturated carbocycles. The van der Waals surface area contributed by atoms with Gasteiger partial charge >= 0.3 is 6.03 Å². The summed E-state index contributed by atoms with van der Waals surface area (Å²) in [6.45, 7) is 2.98. The van der Waals surface area contributed by atoms with Gasteiger partial charge in [-0.3, -0.25) is 4.79 Å². The lowest BCUT2D eigenvalue weighted by atomic mass is 9.98. The number of benzene rings is 1. The average Bonchev–Trinajstić information content (AvgIpc) is 2.38. The van der Waals surface area contributed by atoms with Crippen molar-refractivity contribution in [1.82, 2.24) is 15.1 Å². The molecule has 1 atom stereocenters. The molecule has 1 saturated heterocycles. The van der Waals surface area contributed by atoms with E-state index in [0.717, 1.165) is 11.1 Å². The van der Waals surface area contributed by atoms with Crippen molar-refractivity contribution < 1.29 is 9.59 Å². The first-order chi connectivity index (χ1) is 9.02. The van der Waals surface area contributed by atoms with Crippen LogP contribution in [0, 0.1) is 6.92 Å². The standard InChI is InChI=1S/C14H19N3O2/c1-10-6-4-5-7-11(10)12-13(18)15-8-9-17(12)14(19)16(2)3/h4-7,12H,8-9H2,1-3H3,(H,15,18). The number of carbonyl (C=O) groups is 2. The van der Waals surface area contributed by atoms with Gasteiger partial charge < -0.3 is 15.1 Å². The molecule has 1 aliphatic heterocycles. The average molecular weight is 261 g/mol. The Bertz CT molecular complexity index is 499. The van der Waals surface area contributed by atoms with Crippen molar-refractivity contribution >= 4 is 11.9 Å². The van der Waals surface area contributed by atoms with Crippen LogP contribution in [0.15, 0.2) is 24.3 Å². The van der Waals surface area contributed by atoms with E-state index in [9.17, 15) is 9.59 Å². The van der Waals surface area contributed by atoms with E-state index in [0.29, 0.717) is 13.1 Å². The second-order valence-electron chi connectivity index (χ2n) is 4.92. The summed E-state index contributed by atoms with van der Waals surface area (Å²) in [6, 6.07) is 7.00. The number of hydrogen-bond donors (Lipinski definition) is 1. The van der Waals surface area contributed by atoms with Gasteiger partial charge in [-0.2, -0.15) is 0 Å². The minimum Gasteiger partial charge on any atom is -0.352 e. The molecule has 0 aliphatic carbocycles. The summed E-state index contributed by atoms with van der Waals surface area (Å²) < 4.78 is 0. The Kier molecular flexibility index (Phi) is 3.74. The van der Waals surface area contributed by atoms with Gasteiger partial charge in [0.05, 0.1) is 0 Å². The lowest BCUT2D eigenvalue weighted by molar-refractivity contribution is -0.128. The zero-order valence-electron chi connectivity index (χ0n) is 11.5. The van der Waals surface area contributed by atoms with Gasteiger partial charge in [-0.15, -0.1) is 0 Å². The number of carbonyl (C=O) groups excluding carboxylic acids is 2. The van der Waals surface area contributed by atoms with E-state index in [1.807, 2.05) is 31.2 Å². The Hall–Kier alpha value is -2.04. The smallest absolute Gasteiger partial charge is 0.320 e. The number of nitrogens with one attached hydrogen (secondary N) is 1. The number of rotatable bonds is 1. The number of piperazine rings is 1. The predicted molar refractivity (Wildman–Crippen MR) is 72.7 cm³/mol. The van der Waals surface area contributed by atoms with Crippen molar-refractivity contribution in [2.45, 2.75) is 13.0 Å². The zero-order chi connectivity index (χ0) is 14.0. The van der Waals surface area contributed by atoms with Gasteiger partial charge in [-0.25, -0.2) is 4.79 Å². The lowest BCUT2D eigenvalue weighted by Crippen LogP contribution is -2.54. The highest BCUT2D eigenvalue weighted by atomic mass is 16.2. The third-order valence-corrected chi connectivity index (χ3v) is 3.32. The fourth-order valence-electron chi connectivity index (χ4n) is 2.33. The number of amides is 3. The minimum absolute atomic E-state index is 0.115. The molecule has 0 radical (unpaired) electrons. The molecule has 3 amide bonds. The monoisotopic (exact) mass is 261 g/mol. The van der Waals surface area contributed by atoms with E-state index >= 15 is 0 Å². The van der Waals surface area contributed by atoms with Gasteiger partial charge in [0.2, 0.25) is 5.91 Å². The van der Waals surface area contributed by atoms with Crippen LogP contribution < -0.4 is 5.32 Å². The predicted octanol–water partition coefficient (Wildman–Crippen LogP) is 1.15. The SMILES string of the molecule is Cc1ccccc1C1C(=O)NCCN1C(=O)N(C)C. The highest BCUT2D eigenvalue weighted by Crippen LogP contribution is 2.26. The number of hydrogen-bond acceptors (Lipinski definition) is 2. The molecule has 1 unspecified atom stereocenters. The minimum atomic E-state index is -0.537. The summed E-state index contributed by atoms with van der Waals surface area (Å²) >= 11 is 0. The highest BCUT2D eigenvalue weighted by molar-refractivity contribution is 5.89. The van der Waals surface area contributed by atoms with Crippen LogP contribution in [-0.4, -0.2) is 48.9 Å². The zero-order valence-corrected chi connectivity index (χ0v) is 11.5. The summed E-state index contributed by atoms with van der Waals surface area (Å²) in [6.07, 6.45) is 0.